The first kappa shape index (κ1) is 15.5. The quantitative estimate of drug-likeness (QED) is 0.685. The molecule has 0 aliphatic heterocycles. The molecule has 1 aliphatic carbocycles. The van der Waals surface area contributed by atoms with Crippen LogP contribution in [0.25, 0.3) is 0 Å². The van der Waals surface area contributed by atoms with E-state index in [0.717, 1.165) is 36.4 Å². The molecule has 0 spiro atoms. The third kappa shape index (κ3) is 5.61. The summed E-state index contributed by atoms with van der Waals surface area (Å²) in [5.41, 5.74) is 1.95. The molecule has 0 radical (unpaired) electrons. The highest BCUT2D eigenvalue weighted by Crippen LogP contribution is 2.33. The molecule has 1 fully saturated rings. The summed E-state index contributed by atoms with van der Waals surface area (Å²) in [5, 5.41) is 3.07. The number of benzene rings is 1. The Labute approximate surface area is 122 Å². The molecular weight excluding hydrogens is 272 g/mol. The van der Waals surface area contributed by atoms with Crippen molar-refractivity contribution < 1.29 is 8.42 Å². The Morgan fingerprint density at radius 1 is 1.25 bits per heavy atom. The fourth-order valence-electron chi connectivity index (χ4n) is 2.33. The van der Waals surface area contributed by atoms with Crippen molar-refractivity contribution in [3.05, 3.63) is 35.4 Å². The van der Waals surface area contributed by atoms with Gasteiger partial charge in [0.2, 0.25) is 10.0 Å². The molecule has 1 saturated carbocycles. The molecule has 0 saturated heterocycles. The first-order valence-electron chi connectivity index (χ1n) is 7.29. The van der Waals surface area contributed by atoms with Crippen LogP contribution in [0.5, 0.6) is 0 Å². The first-order chi connectivity index (χ1) is 9.59. The van der Waals surface area contributed by atoms with Crippen LogP contribution in [0.2, 0.25) is 0 Å². The van der Waals surface area contributed by atoms with Crippen molar-refractivity contribution in [3.63, 3.8) is 0 Å². The maximum Gasteiger partial charge on any atom is 0.215 e. The van der Waals surface area contributed by atoms with E-state index in [9.17, 15) is 8.42 Å². The van der Waals surface area contributed by atoms with Gasteiger partial charge in [0.05, 0.1) is 5.75 Å². The van der Waals surface area contributed by atoms with Gasteiger partial charge in [0.25, 0.3) is 0 Å². The lowest BCUT2D eigenvalue weighted by atomic mass is 10.1. The van der Waals surface area contributed by atoms with Gasteiger partial charge in [-0.2, -0.15) is 0 Å². The summed E-state index contributed by atoms with van der Waals surface area (Å²) in [5.74, 6) is 0.922. The van der Waals surface area contributed by atoms with Crippen molar-refractivity contribution in [1.82, 2.24) is 10.0 Å². The Hall–Kier alpha value is -0.910. The summed E-state index contributed by atoms with van der Waals surface area (Å²) < 4.78 is 26.7. The normalized spacial score (nSPS) is 15.4. The molecule has 2 rings (SSSR count). The molecule has 0 bridgehead atoms. The minimum absolute atomic E-state index is 0.0635. The van der Waals surface area contributed by atoms with Crippen molar-refractivity contribution in [2.75, 3.05) is 13.6 Å². The van der Waals surface area contributed by atoms with Crippen LogP contribution in [0.3, 0.4) is 0 Å². The van der Waals surface area contributed by atoms with Gasteiger partial charge in [0.15, 0.2) is 0 Å². The molecular formula is C15H24N2O2S. The average molecular weight is 296 g/mol. The summed E-state index contributed by atoms with van der Waals surface area (Å²) in [6, 6.07) is 7.71. The summed E-state index contributed by atoms with van der Waals surface area (Å²) in [4.78, 5) is 0. The maximum absolute atomic E-state index is 12.0. The largest absolute Gasteiger partial charge is 0.316 e. The highest BCUT2D eigenvalue weighted by molar-refractivity contribution is 7.88. The van der Waals surface area contributed by atoms with Gasteiger partial charge in [-0.05, 0) is 36.9 Å². The maximum atomic E-state index is 12.0. The zero-order valence-electron chi connectivity index (χ0n) is 12.1. The lowest BCUT2D eigenvalue weighted by Crippen LogP contribution is -2.26. The zero-order chi connectivity index (χ0) is 14.4. The van der Waals surface area contributed by atoms with E-state index in [-0.39, 0.29) is 5.75 Å². The number of sulfonamides is 1. The molecule has 5 heteroatoms. The molecule has 0 atom stereocenters. The van der Waals surface area contributed by atoms with Crippen molar-refractivity contribution >= 4 is 10.0 Å². The standard InChI is InChI=1S/C15H24N2O2S/c1-16-11-14-4-2-5-15(10-14)12-20(18,19)17-9-3-6-13-7-8-13/h2,4-5,10,13,16-17H,3,6-9,11-12H2,1H3. The minimum atomic E-state index is -3.21. The molecule has 0 amide bonds. The Kier molecular flexibility index (Phi) is 5.57. The van der Waals surface area contributed by atoms with Crippen LogP contribution in [0, 0.1) is 5.92 Å². The van der Waals surface area contributed by atoms with E-state index in [4.69, 9.17) is 0 Å². The van der Waals surface area contributed by atoms with E-state index in [1.165, 1.54) is 12.8 Å². The van der Waals surface area contributed by atoms with Gasteiger partial charge in [-0.3, -0.25) is 0 Å². The number of rotatable bonds is 9. The second-order valence-electron chi connectivity index (χ2n) is 5.59. The summed E-state index contributed by atoms with van der Waals surface area (Å²) in [7, 11) is -1.33. The van der Waals surface area contributed by atoms with Gasteiger partial charge in [-0.1, -0.05) is 37.1 Å². The van der Waals surface area contributed by atoms with Crippen molar-refractivity contribution in [2.24, 2.45) is 5.92 Å². The number of hydrogen-bond donors (Lipinski definition) is 2. The average Bonchev–Trinajstić information content (AvgIpc) is 3.19. The fourth-order valence-corrected chi connectivity index (χ4v) is 3.50. The smallest absolute Gasteiger partial charge is 0.215 e. The Morgan fingerprint density at radius 3 is 2.70 bits per heavy atom. The lowest BCUT2D eigenvalue weighted by Gasteiger charge is -2.08. The molecule has 20 heavy (non-hydrogen) atoms. The van der Waals surface area contributed by atoms with E-state index in [0.29, 0.717) is 6.54 Å². The van der Waals surface area contributed by atoms with E-state index < -0.39 is 10.0 Å². The minimum Gasteiger partial charge on any atom is -0.316 e. The molecule has 1 aromatic rings. The molecule has 0 unspecified atom stereocenters. The van der Waals surface area contributed by atoms with E-state index in [2.05, 4.69) is 10.0 Å². The summed E-state index contributed by atoms with van der Waals surface area (Å²) in [6.45, 7) is 1.32. The van der Waals surface area contributed by atoms with Gasteiger partial charge in [-0.25, -0.2) is 13.1 Å². The monoisotopic (exact) mass is 296 g/mol. The van der Waals surface area contributed by atoms with Crippen LogP contribution in [0.1, 0.15) is 36.8 Å². The Bertz CT molecular complexity index is 524. The fraction of sp³-hybridized carbons (Fsp3) is 0.600. The van der Waals surface area contributed by atoms with E-state index >= 15 is 0 Å². The van der Waals surface area contributed by atoms with Gasteiger partial charge in [0.1, 0.15) is 0 Å². The molecule has 1 aromatic carbocycles. The predicted molar refractivity (Wildman–Crippen MR) is 81.8 cm³/mol. The molecule has 2 N–H and O–H groups in total. The summed E-state index contributed by atoms with van der Waals surface area (Å²) >= 11 is 0. The van der Waals surface area contributed by atoms with Crippen molar-refractivity contribution in [3.8, 4) is 0 Å². The lowest BCUT2D eigenvalue weighted by molar-refractivity contribution is 0.572. The summed E-state index contributed by atoms with van der Waals surface area (Å²) in [6.07, 6.45) is 4.75. The molecule has 0 heterocycles. The van der Waals surface area contributed by atoms with Crippen molar-refractivity contribution in [1.29, 1.82) is 0 Å². The number of nitrogens with one attached hydrogen (secondary N) is 2. The topological polar surface area (TPSA) is 58.2 Å². The molecule has 0 aromatic heterocycles. The zero-order valence-corrected chi connectivity index (χ0v) is 12.9. The van der Waals surface area contributed by atoms with Crippen LogP contribution >= 0.6 is 0 Å². The predicted octanol–water partition coefficient (Wildman–Crippen LogP) is 2.02. The van der Waals surface area contributed by atoms with Gasteiger partial charge < -0.3 is 5.32 Å². The van der Waals surface area contributed by atoms with Crippen LogP contribution < -0.4 is 10.0 Å². The van der Waals surface area contributed by atoms with Crippen LogP contribution in [0.15, 0.2) is 24.3 Å². The molecule has 1 aliphatic rings. The highest BCUT2D eigenvalue weighted by Gasteiger charge is 2.20. The van der Waals surface area contributed by atoms with Crippen LogP contribution in [-0.4, -0.2) is 22.0 Å². The van der Waals surface area contributed by atoms with Gasteiger partial charge >= 0.3 is 0 Å². The van der Waals surface area contributed by atoms with E-state index in [1.54, 1.807) is 0 Å². The van der Waals surface area contributed by atoms with Gasteiger partial charge in [-0.15, -0.1) is 0 Å². The Morgan fingerprint density at radius 2 is 2.00 bits per heavy atom. The highest BCUT2D eigenvalue weighted by atomic mass is 32.2. The third-order valence-electron chi connectivity index (χ3n) is 3.54. The van der Waals surface area contributed by atoms with Crippen LogP contribution in [-0.2, 0) is 22.3 Å². The van der Waals surface area contributed by atoms with Gasteiger partial charge in [0, 0.05) is 13.1 Å². The third-order valence-corrected chi connectivity index (χ3v) is 4.89. The second kappa shape index (κ2) is 7.20. The van der Waals surface area contributed by atoms with Crippen LogP contribution in [0.4, 0.5) is 0 Å². The SMILES string of the molecule is CNCc1cccc(CS(=O)(=O)NCCCC2CC2)c1. The van der Waals surface area contributed by atoms with Crippen molar-refractivity contribution in [2.45, 2.75) is 38.0 Å². The Balaban J connectivity index is 1.81. The number of hydrogen-bond acceptors (Lipinski definition) is 3. The molecule has 112 valence electrons. The van der Waals surface area contributed by atoms with E-state index in [1.807, 2.05) is 31.3 Å². The second-order valence-corrected chi connectivity index (χ2v) is 7.40. The molecule has 4 nitrogen and oxygen atoms in total. The first-order valence-corrected chi connectivity index (χ1v) is 8.94.